The Bertz CT molecular complexity index is 518. The third kappa shape index (κ3) is 2.20. The molecule has 4 heteroatoms. The Labute approximate surface area is 117 Å². The minimum atomic E-state index is -0.684. The first-order valence-electron chi connectivity index (χ1n) is 6.78. The molecule has 1 saturated carbocycles. The Morgan fingerprint density at radius 2 is 2.11 bits per heavy atom. The van der Waals surface area contributed by atoms with E-state index in [0.717, 1.165) is 49.0 Å². The van der Waals surface area contributed by atoms with Crippen molar-refractivity contribution < 1.29 is 14.6 Å². The quantitative estimate of drug-likeness (QED) is 0.922. The van der Waals surface area contributed by atoms with Gasteiger partial charge in [-0.15, -0.1) is 0 Å². The fourth-order valence-corrected chi connectivity index (χ4v) is 3.62. The van der Waals surface area contributed by atoms with Crippen molar-refractivity contribution >= 4 is 17.6 Å². The fourth-order valence-electron chi connectivity index (χ4n) is 3.36. The van der Waals surface area contributed by atoms with E-state index in [2.05, 4.69) is 0 Å². The maximum absolute atomic E-state index is 11.6. The van der Waals surface area contributed by atoms with Gasteiger partial charge in [0.1, 0.15) is 5.75 Å². The minimum Gasteiger partial charge on any atom is -0.493 e. The van der Waals surface area contributed by atoms with Crippen molar-refractivity contribution in [3.63, 3.8) is 0 Å². The van der Waals surface area contributed by atoms with Crippen LogP contribution in [-0.4, -0.2) is 17.7 Å². The molecule has 0 atom stereocenters. The maximum atomic E-state index is 11.6. The molecule has 0 aromatic heterocycles. The normalized spacial score (nSPS) is 20.1. The summed E-state index contributed by atoms with van der Waals surface area (Å²) in [6.45, 7) is 0.669. The van der Waals surface area contributed by atoms with Gasteiger partial charge < -0.3 is 9.84 Å². The standard InChI is InChI=1S/C15H17ClO3/c16-12-7-10-3-6-19-13(10)11(8-12)9-15(14(17)18)4-1-2-5-15/h7-8H,1-6,9H2,(H,17,18). The third-order valence-electron chi connectivity index (χ3n) is 4.37. The molecule has 3 nitrogen and oxygen atoms in total. The lowest BCUT2D eigenvalue weighted by atomic mass is 9.79. The van der Waals surface area contributed by atoms with Gasteiger partial charge >= 0.3 is 5.97 Å². The largest absolute Gasteiger partial charge is 0.493 e. The predicted octanol–water partition coefficient (Wildman–Crippen LogP) is 3.46. The van der Waals surface area contributed by atoms with Crippen LogP contribution in [0.4, 0.5) is 0 Å². The molecular weight excluding hydrogens is 264 g/mol. The number of carbonyl (C=O) groups is 1. The second kappa shape index (κ2) is 4.71. The molecule has 2 aliphatic rings. The number of rotatable bonds is 3. The number of benzene rings is 1. The first-order chi connectivity index (χ1) is 9.11. The van der Waals surface area contributed by atoms with Crippen LogP contribution in [0.2, 0.25) is 5.02 Å². The highest BCUT2D eigenvalue weighted by Gasteiger charge is 2.42. The van der Waals surface area contributed by atoms with Crippen molar-refractivity contribution in [3.05, 3.63) is 28.3 Å². The van der Waals surface area contributed by atoms with Crippen LogP contribution < -0.4 is 4.74 Å². The molecule has 1 aromatic carbocycles. The summed E-state index contributed by atoms with van der Waals surface area (Å²) in [7, 11) is 0. The number of aliphatic carboxylic acids is 1. The van der Waals surface area contributed by atoms with Gasteiger partial charge in [-0.1, -0.05) is 24.4 Å². The van der Waals surface area contributed by atoms with Gasteiger partial charge in [0.15, 0.2) is 0 Å². The van der Waals surface area contributed by atoms with Gasteiger partial charge in [-0.25, -0.2) is 0 Å². The highest BCUT2D eigenvalue weighted by molar-refractivity contribution is 6.30. The molecule has 19 heavy (non-hydrogen) atoms. The van der Waals surface area contributed by atoms with Gasteiger partial charge in [-0.2, -0.15) is 0 Å². The first kappa shape index (κ1) is 12.8. The highest BCUT2D eigenvalue weighted by atomic mass is 35.5. The Kier molecular flexibility index (Phi) is 3.17. The van der Waals surface area contributed by atoms with Gasteiger partial charge in [0, 0.05) is 11.4 Å². The average molecular weight is 281 g/mol. The molecule has 0 spiro atoms. The van der Waals surface area contributed by atoms with Crippen molar-refractivity contribution in [3.8, 4) is 5.75 Å². The monoisotopic (exact) mass is 280 g/mol. The summed E-state index contributed by atoms with van der Waals surface area (Å²) in [5, 5.41) is 10.2. The Morgan fingerprint density at radius 1 is 1.37 bits per heavy atom. The molecule has 1 aliphatic heterocycles. The summed E-state index contributed by atoms with van der Waals surface area (Å²) in [5.74, 6) is 0.189. The SMILES string of the molecule is O=C(O)C1(Cc2cc(Cl)cc3c2OCC3)CCCC1. The molecule has 1 N–H and O–H groups in total. The fraction of sp³-hybridized carbons (Fsp3) is 0.533. The summed E-state index contributed by atoms with van der Waals surface area (Å²) in [4.78, 5) is 11.6. The van der Waals surface area contributed by atoms with Crippen molar-refractivity contribution in [2.45, 2.75) is 38.5 Å². The van der Waals surface area contributed by atoms with Crippen molar-refractivity contribution in [2.75, 3.05) is 6.61 Å². The molecular formula is C15H17ClO3. The molecule has 1 aromatic rings. The summed E-state index contributed by atoms with van der Waals surface area (Å²) in [6, 6.07) is 3.80. The highest BCUT2D eigenvalue weighted by Crippen LogP contribution is 2.44. The number of hydrogen-bond donors (Lipinski definition) is 1. The van der Waals surface area contributed by atoms with E-state index >= 15 is 0 Å². The van der Waals surface area contributed by atoms with Crippen LogP contribution in [0.15, 0.2) is 12.1 Å². The topological polar surface area (TPSA) is 46.5 Å². The predicted molar refractivity (Wildman–Crippen MR) is 72.9 cm³/mol. The van der Waals surface area contributed by atoms with Gasteiger partial charge in [0.05, 0.1) is 12.0 Å². The average Bonchev–Trinajstić information content (AvgIpc) is 2.97. The van der Waals surface area contributed by atoms with Crippen LogP contribution in [0, 0.1) is 5.41 Å². The van der Waals surface area contributed by atoms with Gasteiger partial charge in [-0.05, 0) is 42.5 Å². The zero-order valence-electron chi connectivity index (χ0n) is 10.7. The van der Waals surface area contributed by atoms with Gasteiger partial charge in [0.25, 0.3) is 0 Å². The summed E-state index contributed by atoms with van der Waals surface area (Å²) < 4.78 is 5.67. The number of carboxylic acid groups (broad SMARTS) is 1. The molecule has 102 valence electrons. The van der Waals surface area contributed by atoms with Gasteiger partial charge in [-0.3, -0.25) is 4.79 Å². The van der Waals surface area contributed by atoms with Gasteiger partial charge in [0.2, 0.25) is 0 Å². The summed E-state index contributed by atoms with van der Waals surface area (Å²) >= 11 is 6.14. The lowest BCUT2D eigenvalue weighted by molar-refractivity contribution is -0.148. The second-order valence-electron chi connectivity index (χ2n) is 5.62. The van der Waals surface area contributed by atoms with E-state index < -0.39 is 11.4 Å². The van der Waals surface area contributed by atoms with Crippen LogP contribution in [0.5, 0.6) is 5.75 Å². The minimum absolute atomic E-state index is 0.533. The number of ether oxygens (including phenoxy) is 1. The molecule has 0 amide bonds. The number of halogens is 1. The van der Waals surface area contributed by atoms with Crippen LogP contribution in [0.1, 0.15) is 36.8 Å². The summed E-state index contributed by atoms with van der Waals surface area (Å²) in [5.41, 5.74) is 1.45. The van der Waals surface area contributed by atoms with E-state index in [1.165, 1.54) is 0 Å². The molecule has 1 heterocycles. The van der Waals surface area contributed by atoms with Crippen molar-refractivity contribution in [1.82, 2.24) is 0 Å². The van der Waals surface area contributed by atoms with Crippen LogP contribution in [0.25, 0.3) is 0 Å². The lowest BCUT2D eigenvalue weighted by Crippen LogP contribution is -2.30. The Morgan fingerprint density at radius 3 is 2.79 bits per heavy atom. The molecule has 1 aliphatic carbocycles. The van der Waals surface area contributed by atoms with E-state index in [9.17, 15) is 9.90 Å². The molecule has 0 bridgehead atoms. The maximum Gasteiger partial charge on any atom is 0.309 e. The zero-order chi connectivity index (χ0) is 13.5. The molecule has 3 rings (SSSR count). The summed E-state index contributed by atoms with van der Waals surface area (Å²) in [6.07, 6.45) is 4.90. The van der Waals surface area contributed by atoms with Crippen molar-refractivity contribution in [2.24, 2.45) is 5.41 Å². The van der Waals surface area contributed by atoms with Crippen LogP contribution in [-0.2, 0) is 17.6 Å². The van der Waals surface area contributed by atoms with Crippen LogP contribution >= 0.6 is 11.6 Å². The van der Waals surface area contributed by atoms with E-state index in [-0.39, 0.29) is 0 Å². The zero-order valence-corrected chi connectivity index (χ0v) is 11.5. The second-order valence-corrected chi connectivity index (χ2v) is 6.06. The van der Waals surface area contributed by atoms with E-state index in [4.69, 9.17) is 16.3 Å². The Balaban J connectivity index is 1.97. The number of hydrogen-bond acceptors (Lipinski definition) is 2. The third-order valence-corrected chi connectivity index (χ3v) is 4.59. The smallest absolute Gasteiger partial charge is 0.309 e. The Hall–Kier alpha value is -1.22. The first-order valence-corrected chi connectivity index (χ1v) is 7.16. The molecule has 0 unspecified atom stereocenters. The lowest BCUT2D eigenvalue weighted by Gasteiger charge is -2.24. The van der Waals surface area contributed by atoms with Crippen molar-refractivity contribution in [1.29, 1.82) is 0 Å². The van der Waals surface area contributed by atoms with Crippen LogP contribution in [0.3, 0.4) is 0 Å². The number of fused-ring (bicyclic) bond motifs is 1. The molecule has 0 radical (unpaired) electrons. The van der Waals surface area contributed by atoms with E-state index in [1.807, 2.05) is 12.1 Å². The molecule has 0 saturated heterocycles. The van der Waals surface area contributed by atoms with E-state index in [1.54, 1.807) is 0 Å². The van der Waals surface area contributed by atoms with E-state index in [0.29, 0.717) is 18.1 Å². The molecule has 1 fully saturated rings. The number of carboxylic acids is 1.